The van der Waals surface area contributed by atoms with Gasteiger partial charge in [0.1, 0.15) is 5.69 Å². The van der Waals surface area contributed by atoms with E-state index in [0.29, 0.717) is 23.2 Å². The third kappa shape index (κ3) is 4.95. The summed E-state index contributed by atoms with van der Waals surface area (Å²) in [6.45, 7) is 0. The zero-order valence-corrected chi connectivity index (χ0v) is 27.3. The summed E-state index contributed by atoms with van der Waals surface area (Å²) in [6, 6.07) is 62.4. The lowest BCUT2D eigenvalue weighted by atomic mass is 9.98. The molecule has 49 heavy (non-hydrogen) atoms. The molecular formula is C44H30N4S. The van der Waals surface area contributed by atoms with Crippen molar-refractivity contribution in [2.45, 2.75) is 19.6 Å². The van der Waals surface area contributed by atoms with Crippen LogP contribution in [0.4, 0.5) is 0 Å². The molecule has 9 rings (SSSR count). The molecule has 5 heteroatoms. The number of nitrogens with zero attached hydrogens (tertiary/aromatic N) is 4. The van der Waals surface area contributed by atoms with Crippen LogP contribution in [0.15, 0.2) is 202 Å². The van der Waals surface area contributed by atoms with Gasteiger partial charge in [0.25, 0.3) is 0 Å². The van der Waals surface area contributed by atoms with Gasteiger partial charge in [-0.3, -0.25) is 4.98 Å². The van der Waals surface area contributed by atoms with Crippen molar-refractivity contribution in [1.82, 2.24) is 19.9 Å². The molecule has 3 heterocycles. The van der Waals surface area contributed by atoms with Crippen molar-refractivity contribution in [1.29, 1.82) is 0 Å². The first-order chi connectivity index (χ1) is 24.3. The fraction of sp³-hybridized carbons (Fsp3) is 0. The summed E-state index contributed by atoms with van der Waals surface area (Å²) in [5.41, 5.74) is 7.47. The topological polar surface area (TPSA) is 51.6 Å². The van der Waals surface area contributed by atoms with Crippen LogP contribution in [-0.4, -0.2) is 19.9 Å². The van der Waals surface area contributed by atoms with Crippen LogP contribution in [0.3, 0.4) is 0 Å². The quantitative estimate of drug-likeness (QED) is 0.180. The van der Waals surface area contributed by atoms with Gasteiger partial charge in [-0.15, -0.1) is 10.0 Å². The zero-order valence-electron chi connectivity index (χ0n) is 26.5. The first-order valence-electron chi connectivity index (χ1n) is 16.3. The van der Waals surface area contributed by atoms with Gasteiger partial charge < -0.3 is 0 Å². The number of rotatable bonds is 6. The molecule has 0 amide bonds. The second-order valence-corrected chi connectivity index (χ2v) is 15.0. The molecule has 0 saturated carbocycles. The minimum atomic E-state index is -1.66. The molecule has 0 fully saturated rings. The Balaban J connectivity index is 1.15. The Morgan fingerprint density at radius 2 is 0.857 bits per heavy atom. The van der Waals surface area contributed by atoms with Gasteiger partial charge in [-0.25, -0.2) is 15.0 Å². The standard InChI is InChI=1S/C44H30N4S/c1-4-14-32(15-5-1)42-46-43(48-44(47-42)39-21-12-13-29-45-39)33-25-23-31(24-26-33)34-27-28-41-38(30-34)37-20-10-11-22-40(37)49(41,35-16-6-2-7-17-35)36-18-8-3-9-19-36/h1-30H. The highest BCUT2D eigenvalue weighted by Crippen LogP contribution is 2.80. The first kappa shape index (κ1) is 29.0. The van der Waals surface area contributed by atoms with E-state index >= 15 is 0 Å². The van der Waals surface area contributed by atoms with E-state index in [1.807, 2.05) is 48.5 Å². The largest absolute Gasteiger partial charge is 0.253 e. The van der Waals surface area contributed by atoms with Gasteiger partial charge in [0.15, 0.2) is 17.5 Å². The van der Waals surface area contributed by atoms with Gasteiger partial charge in [0.05, 0.1) is 0 Å². The molecule has 0 spiro atoms. The van der Waals surface area contributed by atoms with E-state index in [2.05, 4.69) is 132 Å². The predicted molar refractivity (Wildman–Crippen MR) is 198 cm³/mol. The molecular weight excluding hydrogens is 617 g/mol. The molecule has 232 valence electrons. The molecule has 6 aromatic carbocycles. The number of pyridine rings is 1. The predicted octanol–water partition coefficient (Wildman–Crippen LogP) is 11.3. The lowest BCUT2D eigenvalue weighted by Crippen LogP contribution is -2.01. The number of benzene rings is 6. The fourth-order valence-electron chi connectivity index (χ4n) is 6.80. The minimum absolute atomic E-state index is 0.550. The Morgan fingerprint density at radius 3 is 1.51 bits per heavy atom. The molecule has 1 aliphatic heterocycles. The Kier molecular flexibility index (Phi) is 7.18. The molecule has 1 aliphatic rings. The van der Waals surface area contributed by atoms with Gasteiger partial charge in [-0.05, 0) is 76.9 Å². The van der Waals surface area contributed by atoms with Crippen molar-refractivity contribution in [3.8, 4) is 56.5 Å². The highest BCUT2D eigenvalue weighted by Gasteiger charge is 2.41. The van der Waals surface area contributed by atoms with Crippen LogP contribution in [-0.2, 0) is 0 Å². The van der Waals surface area contributed by atoms with Gasteiger partial charge >= 0.3 is 0 Å². The molecule has 4 nitrogen and oxygen atoms in total. The Morgan fingerprint density at radius 1 is 0.347 bits per heavy atom. The second-order valence-electron chi connectivity index (χ2n) is 11.9. The van der Waals surface area contributed by atoms with Crippen LogP contribution in [0.2, 0.25) is 0 Å². The fourth-order valence-corrected chi connectivity index (χ4v) is 11.0. The molecule has 0 N–H and O–H groups in total. The van der Waals surface area contributed by atoms with Crippen molar-refractivity contribution in [3.63, 3.8) is 0 Å². The van der Waals surface area contributed by atoms with Crippen molar-refractivity contribution in [2.75, 3.05) is 0 Å². The average Bonchev–Trinajstić information content (AvgIpc) is 3.49. The van der Waals surface area contributed by atoms with Crippen LogP contribution in [0.1, 0.15) is 0 Å². The lowest BCUT2D eigenvalue weighted by Gasteiger charge is -2.39. The highest BCUT2D eigenvalue weighted by atomic mass is 32.3. The lowest BCUT2D eigenvalue weighted by molar-refractivity contribution is 1.06. The van der Waals surface area contributed by atoms with E-state index in [1.165, 1.54) is 36.3 Å². The number of aromatic nitrogens is 4. The normalized spacial score (nSPS) is 13.3. The molecule has 0 aliphatic carbocycles. The van der Waals surface area contributed by atoms with Crippen molar-refractivity contribution in [2.24, 2.45) is 0 Å². The average molecular weight is 647 g/mol. The molecule has 0 atom stereocenters. The molecule has 8 aromatic rings. The second kappa shape index (κ2) is 12.1. The Labute approximate surface area is 287 Å². The monoisotopic (exact) mass is 646 g/mol. The summed E-state index contributed by atoms with van der Waals surface area (Å²) in [5.74, 6) is 1.78. The van der Waals surface area contributed by atoms with Crippen molar-refractivity contribution in [3.05, 3.63) is 182 Å². The van der Waals surface area contributed by atoms with Gasteiger partial charge in [-0.1, -0.05) is 121 Å². The SMILES string of the molecule is c1ccc(-c2nc(-c3ccc(-c4ccc5c(c4)-c4ccccc4S5(c4ccccc4)c4ccccc4)cc3)nc(-c3ccccn3)n2)cc1. The van der Waals surface area contributed by atoms with Gasteiger partial charge in [0, 0.05) is 36.9 Å². The number of fused-ring (bicyclic) bond motifs is 3. The molecule has 0 bridgehead atoms. The van der Waals surface area contributed by atoms with Crippen LogP contribution in [0.5, 0.6) is 0 Å². The summed E-state index contributed by atoms with van der Waals surface area (Å²) in [6.07, 6.45) is 1.76. The third-order valence-corrected chi connectivity index (χ3v) is 13.0. The van der Waals surface area contributed by atoms with E-state index in [-0.39, 0.29) is 0 Å². The summed E-state index contributed by atoms with van der Waals surface area (Å²) in [5, 5.41) is 0. The Hall–Kier alpha value is -6.17. The zero-order chi connectivity index (χ0) is 32.6. The first-order valence-corrected chi connectivity index (χ1v) is 17.9. The van der Waals surface area contributed by atoms with E-state index < -0.39 is 10.0 Å². The third-order valence-electron chi connectivity index (χ3n) is 9.05. The highest BCUT2D eigenvalue weighted by molar-refractivity contribution is 8.34. The van der Waals surface area contributed by atoms with Crippen LogP contribution >= 0.6 is 10.0 Å². The molecule has 0 radical (unpaired) electrons. The van der Waals surface area contributed by atoms with Crippen LogP contribution in [0.25, 0.3) is 56.5 Å². The summed E-state index contributed by atoms with van der Waals surface area (Å²) in [7, 11) is -1.66. The molecule has 0 saturated heterocycles. The number of hydrogen-bond acceptors (Lipinski definition) is 4. The summed E-state index contributed by atoms with van der Waals surface area (Å²) in [4.78, 5) is 24.5. The number of hydrogen-bond donors (Lipinski definition) is 0. The maximum Gasteiger partial charge on any atom is 0.182 e. The maximum atomic E-state index is 4.90. The van der Waals surface area contributed by atoms with E-state index in [1.54, 1.807) is 6.20 Å². The van der Waals surface area contributed by atoms with E-state index in [9.17, 15) is 0 Å². The van der Waals surface area contributed by atoms with Gasteiger partial charge in [-0.2, -0.15) is 0 Å². The van der Waals surface area contributed by atoms with Crippen LogP contribution in [0, 0.1) is 0 Å². The maximum absolute atomic E-state index is 4.90. The van der Waals surface area contributed by atoms with Gasteiger partial charge in [0.2, 0.25) is 0 Å². The van der Waals surface area contributed by atoms with Crippen molar-refractivity contribution < 1.29 is 0 Å². The smallest absolute Gasteiger partial charge is 0.182 e. The van der Waals surface area contributed by atoms with E-state index in [4.69, 9.17) is 15.0 Å². The molecule has 2 aromatic heterocycles. The summed E-state index contributed by atoms with van der Waals surface area (Å²) < 4.78 is 0. The minimum Gasteiger partial charge on any atom is -0.253 e. The van der Waals surface area contributed by atoms with Crippen LogP contribution < -0.4 is 0 Å². The summed E-state index contributed by atoms with van der Waals surface area (Å²) >= 11 is 0. The van der Waals surface area contributed by atoms with Crippen molar-refractivity contribution >= 4 is 10.0 Å². The van der Waals surface area contributed by atoms with E-state index in [0.717, 1.165) is 16.7 Å². The Bertz CT molecular complexity index is 2320. The molecule has 0 unspecified atom stereocenters.